The fraction of sp³-hybridized carbons (Fsp3) is 0.130. The monoisotopic (exact) mass is 533 g/mol. The second-order valence-electron chi connectivity index (χ2n) is 7.02. The van der Waals surface area contributed by atoms with Crippen LogP contribution in [0.4, 0.5) is 5.69 Å². The maximum absolute atomic E-state index is 13.4. The minimum atomic E-state index is -4.05. The third-order valence-electron chi connectivity index (χ3n) is 4.61. The highest BCUT2D eigenvalue weighted by molar-refractivity contribution is 9.10. The number of nitrogens with one attached hydrogen (secondary N) is 1. The van der Waals surface area contributed by atoms with E-state index in [1.54, 1.807) is 43.3 Å². The van der Waals surface area contributed by atoms with Crippen molar-refractivity contribution in [2.45, 2.75) is 18.7 Å². The van der Waals surface area contributed by atoms with Gasteiger partial charge in [0.2, 0.25) is 0 Å². The van der Waals surface area contributed by atoms with Crippen LogP contribution in [0.3, 0.4) is 0 Å². The molecule has 32 heavy (non-hydrogen) atoms. The lowest BCUT2D eigenvalue weighted by Gasteiger charge is -2.24. The van der Waals surface area contributed by atoms with Crippen molar-refractivity contribution in [1.82, 2.24) is 5.43 Å². The first-order valence-electron chi connectivity index (χ1n) is 9.61. The van der Waals surface area contributed by atoms with Crippen LogP contribution in [-0.4, -0.2) is 26.6 Å². The highest BCUT2D eigenvalue weighted by Gasteiger charge is 2.28. The summed E-state index contributed by atoms with van der Waals surface area (Å²) < 4.78 is 28.6. The first-order valence-corrected chi connectivity index (χ1v) is 12.2. The van der Waals surface area contributed by atoms with E-state index in [-0.39, 0.29) is 15.6 Å². The molecule has 0 aliphatic heterocycles. The van der Waals surface area contributed by atoms with Crippen LogP contribution in [-0.2, 0) is 14.8 Å². The van der Waals surface area contributed by atoms with Crippen molar-refractivity contribution >= 4 is 54.9 Å². The molecule has 0 radical (unpaired) electrons. The van der Waals surface area contributed by atoms with Gasteiger partial charge in [-0.2, -0.15) is 5.10 Å². The molecule has 0 spiro atoms. The molecule has 0 aliphatic rings. The molecule has 3 aromatic rings. The SMILES string of the molecule is C/C(=N/NC(=O)CN(c1ccccc1Cl)S(=O)(=O)c1ccc(C)cc1)c1cccc(Br)c1. The summed E-state index contributed by atoms with van der Waals surface area (Å²) in [5.74, 6) is -0.602. The Labute approximate surface area is 201 Å². The molecule has 3 rings (SSSR count). The zero-order valence-corrected chi connectivity index (χ0v) is 20.6. The number of benzene rings is 3. The van der Waals surface area contributed by atoms with Crippen molar-refractivity contribution in [3.8, 4) is 0 Å². The van der Waals surface area contributed by atoms with Crippen molar-refractivity contribution in [3.05, 3.63) is 93.4 Å². The maximum atomic E-state index is 13.4. The van der Waals surface area contributed by atoms with Gasteiger partial charge in [-0.15, -0.1) is 0 Å². The first kappa shape index (κ1) is 24.0. The summed E-state index contributed by atoms with van der Waals surface area (Å²) in [5, 5.41) is 4.33. The van der Waals surface area contributed by atoms with Gasteiger partial charge >= 0.3 is 0 Å². The largest absolute Gasteiger partial charge is 0.271 e. The number of aryl methyl sites for hydroxylation is 1. The highest BCUT2D eigenvalue weighted by atomic mass is 79.9. The Morgan fingerprint density at radius 1 is 1.06 bits per heavy atom. The van der Waals surface area contributed by atoms with Crippen LogP contribution >= 0.6 is 27.5 Å². The van der Waals surface area contributed by atoms with Gasteiger partial charge < -0.3 is 0 Å². The van der Waals surface area contributed by atoms with Gasteiger partial charge in [0.15, 0.2) is 0 Å². The molecular weight excluding hydrogens is 514 g/mol. The Balaban J connectivity index is 1.89. The molecule has 0 heterocycles. The molecule has 0 bridgehead atoms. The number of amides is 1. The van der Waals surface area contributed by atoms with Crippen LogP contribution < -0.4 is 9.73 Å². The Bertz CT molecular complexity index is 1260. The molecule has 0 aliphatic carbocycles. The van der Waals surface area contributed by atoms with Gasteiger partial charge in [0.1, 0.15) is 6.54 Å². The molecule has 0 atom stereocenters. The van der Waals surface area contributed by atoms with Gasteiger partial charge in [0, 0.05) is 4.47 Å². The Morgan fingerprint density at radius 2 is 1.75 bits per heavy atom. The predicted molar refractivity (Wildman–Crippen MR) is 132 cm³/mol. The molecular formula is C23H21BrClN3O3S. The highest BCUT2D eigenvalue weighted by Crippen LogP contribution is 2.30. The number of nitrogens with zero attached hydrogens (tertiary/aromatic N) is 2. The van der Waals surface area contributed by atoms with Crippen LogP contribution in [0.1, 0.15) is 18.1 Å². The number of hydrogen-bond donors (Lipinski definition) is 1. The predicted octanol–water partition coefficient (Wildman–Crippen LogP) is 5.15. The molecule has 0 saturated carbocycles. The lowest BCUT2D eigenvalue weighted by Crippen LogP contribution is -2.40. The van der Waals surface area contributed by atoms with E-state index in [2.05, 4.69) is 26.5 Å². The van der Waals surface area contributed by atoms with E-state index in [1.165, 1.54) is 12.1 Å². The number of hydrogen-bond acceptors (Lipinski definition) is 4. The molecule has 1 amide bonds. The lowest BCUT2D eigenvalue weighted by molar-refractivity contribution is -0.119. The summed E-state index contributed by atoms with van der Waals surface area (Å²) >= 11 is 9.67. The number of rotatable bonds is 7. The van der Waals surface area contributed by atoms with Gasteiger partial charge in [0.05, 0.1) is 21.3 Å². The van der Waals surface area contributed by atoms with Gasteiger partial charge in [-0.3, -0.25) is 9.10 Å². The van der Waals surface area contributed by atoms with Crippen LogP contribution in [0.2, 0.25) is 5.02 Å². The normalized spacial score (nSPS) is 11.8. The van der Waals surface area contributed by atoms with E-state index in [1.807, 2.05) is 31.2 Å². The van der Waals surface area contributed by atoms with Crippen molar-refractivity contribution in [1.29, 1.82) is 0 Å². The molecule has 9 heteroatoms. The lowest BCUT2D eigenvalue weighted by atomic mass is 10.1. The zero-order valence-electron chi connectivity index (χ0n) is 17.4. The van der Waals surface area contributed by atoms with E-state index in [0.29, 0.717) is 5.71 Å². The third kappa shape index (κ3) is 5.76. The second kappa shape index (κ2) is 10.3. The number of anilines is 1. The van der Waals surface area contributed by atoms with E-state index >= 15 is 0 Å². The van der Waals surface area contributed by atoms with Crippen LogP contribution in [0.15, 0.2) is 87.3 Å². The van der Waals surface area contributed by atoms with E-state index < -0.39 is 22.5 Å². The minimum absolute atomic E-state index is 0.0598. The van der Waals surface area contributed by atoms with Gasteiger partial charge in [-0.05, 0) is 55.8 Å². The standard InChI is InChI=1S/C23H21BrClN3O3S/c1-16-10-12-20(13-11-16)32(30,31)28(22-9-4-3-8-21(22)25)15-23(29)27-26-17(2)18-6-5-7-19(24)14-18/h3-14H,15H2,1-2H3,(H,27,29)/b26-17-. The second-order valence-corrected chi connectivity index (χ2v) is 10.2. The summed E-state index contributed by atoms with van der Waals surface area (Å²) in [6.07, 6.45) is 0. The number of sulfonamides is 1. The van der Waals surface area contributed by atoms with Crippen LogP contribution in [0.5, 0.6) is 0 Å². The van der Waals surface area contributed by atoms with Crippen molar-refractivity contribution in [2.75, 3.05) is 10.8 Å². The minimum Gasteiger partial charge on any atom is -0.271 e. The fourth-order valence-corrected chi connectivity index (χ4v) is 5.01. The van der Waals surface area contributed by atoms with E-state index in [0.717, 1.165) is 19.9 Å². The Hall–Kier alpha value is -2.68. The Morgan fingerprint density at radius 3 is 2.41 bits per heavy atom. The quantitative estimate of drug-likeness (QED) is 0.336. The van der Waals surface area contributed by atoms with Crippen LogP contribution in [0.25, 0.3) is 0 Å². The molecule has 0 aromatic heterocycles. The molecule has 1 N–H and O–H groups in total. The third-order valence-corrected chi connectivity index (χ3v) is 7.19. The van der Waals surface area contributed by atoms with Crippen molar-refractivity contribution in [3.63, 3.8) is 0 Å². The molecule has 0 fully saturated rings. The van der Waals surface area contributed by atoms with Crippen LogP contribution in [0, 0.1) is 6.92 Å². The molecule has 6 nitrogen and oxygen atoms in total. The molecule has 0 saturated heterocycles. The summed E-state index contributed by atoms with van der Waals surface area (Å²) in [7, 11) is -4.05. The summed E-state index contributed by atoms with van der Waals surface area (Å²) in [6, 6.07) is 20.3. The van der Waals surface area contributed by atoms with Crippen molar-refractivity contribution < 1.29 is 13.2 Å². The summed E-state index contributed by atoms with van der Waals surface area (Å²) in [4.78, 5) is 12.8. The van der Waals surface area contributed by atoms with Gasteiger partial charge in [-0.25, -0.2) is 13.8 Å². The number of hydrazone groups is 1. The van der Waals surface area contributed by atoms with Gasteiger partial charge in [0.25, 0.3) is 15.9 Å². The molecule has 3 aromatic carbocycles. The Kier molecular flexibility index (Phi) is 7.71. The number of para-hydroxylation sites is 1. The summed E-state index contributed by atoms with van der Waals surface area (Å²) in [6.45, 7) is 3.12. The number of carbonyl (C=O) groups excluding carboxylic acids is 1. The zero-order chi connectivity index (χ0) is 23.3. The van der Waals surface area contributed by atoms with Gasteiger partial charge in [-0.1, -0.05) is 69.5 Å². The van der Waals surface area contributed by atoms with Crippen molar-refractivity contribution in [2.24, 2.45) is 5.10 Å². The van der Waals surface area contributed by atoms with E-state index in [9.17, 15) is 13.2 Å². The average Bonchev–Trinajstić information content (AvgIpc) is 2.76. The fourth-order valence-electron chi connectivity index (χ4n) is 2.88. The maximum Gasteiger partial charge on any atom is 0.264 e. The summed E-state index contributed by atoms with van der Waals surface area (Å²) in [5.41, 5.74) is 4.95. The first-order chi connectivity index (χ1) is 15.2. The molecule has 166 valence electrons. The smallest absolute Gasteiger partial charge is 0.264 e. The number of halogens is 2. The number of carbonyl (C=O) groups is 1. The van der Waals surface area contributed by atoms with E-state index in [4.69, 9.17) is 11.6 Å². The molecule has 0 unspecified atom stereocenters. The average molecular weight is 535 g/mol. The topological polar surface area (TPSA) is 78.8 Å².